The lowest BCUT2D eigenvalue weighted by Crippen LogP contribution is -2.51. The molecule has 0 unspecified atom stereocenters. The van der Waals surface area contributed by atoms with Crippen molar-refractivity contribution in [2.75, 3.05) is 29.9 Å². The van der Waals surface area contributed by atoms with Gasteiger partial charge < -0.3 is 10.0 Å². The highest BCUT2D eigenvalue weighted by Crippen LogP contribution is 2.38. The Bertz CT molecular complexity index is 1170. The number of benzene rings is 3. The number of anilines is 3. The van der Waals surface area contributed by atoms with Gasteiger partial charge in [-0.2, -0.15) is 0 Å². The van der Waals surface area contributed by atoms with Gasteiger partial charge >= 0.3 is 12.0 Å². The van der Waals surface area contributed by atoms with Gasteiger partial charge in [-0.1, -0.05) is 36.4 Å². The van der Waals surface area contributed by atoms with Gasteiger partial charge in [0.1, 0.15) is 5.82 Å². The number of carboxylic acid groups (broad SMARTS) is 1. The Balaban J connectivity index is 1.50. The van der Waals surface area contributed by atoms with Gasteiger partial charge in [-0.05, 0) is 61.4 Å². The zero-order valence-corrected chi connectivity index (χ0v) is 20.0. The van der Waals surface area contributed by atoms with Crippen LogP contribution in [-0.2, 0) is 9.59 Å². The van der Waals surface area contributed by atoms with Gasteiger partial charge in [0.15, 0.2) is 0 Å². The summed E-state index contributed by atoms with van der Waals surface area (Å²) in [5.74, 6) is -1.76. The normalized spacial score (nSPS) is 14.7. The van der Waals surface area contributed by atoms with E-state index in [1.54, 1.807) is 16.8 Å². The summed E-state index contributed by atoms with van der Waals surface area (Å²) in [5.41, 5.74) is 0.558. The van der Waals surface area contributed by atoms with Crippen LogP contribution in [0.25, 0.3) is 0 Å². The lowest BCUT2D eigenvalue weighted by Gasteiger charge is -2.40. The van der Waals surface area contributed by atoms with Crippen LogP contribution in [0.2, 0.25) is 0 Å². The summed E-state index contributed by atoms with van der Waals surface area (Å²) in [6.45, 7) is 0.390. The molecule has 1 saturated heterocycles. The highest BCUT2D eigenvalue weighted by Gasteiger charge is 2.45. The number of hydrogen-bond donors (Lipinski definition) is 1. The predicted molar refractivity (Wildman–Crippen MR) is 136 cm³/mol. The van der Waals surface area contributed by atoms with Gasteiger partial charge in [-0.15, -0.1) is 0 Å². The van der Waals surface area contributed by atoms with E-state index in [2.05, 4.69) is 0 Å². The first kappa shape index (κ1) is 24.9. The van der Waals surface area contributed by atoms with Gasteiger partial charge in [-0.3, -0.25) is 19.4 Å². The summed E-state index contributed by atoms with van der Waals surface area (Å²) in [4.78, 5) is 43.6. The number of piperidine rings is 1. The maximum Gasteiger partial charge on any atom is 0.324 e. The smallest absolute Gasteiger partial charge is 0.324 e. The second-order valence-corrected chi connectivity index (χ2v) is 8.97. The third kappa shape index (κ3) is 5.22. The molecule has 0 radical (unpaired) electrons. The van der Waals surface area contributed by atoms with E-state index in [1.165, 1.54) is 29.2 Å². The number of para-hydroxylation sites is 2. The Morgan fingerprint density at radius 1 is 0.833 bits per heavy atom. The standard InChI is InChI=1S/C28H28FN3O4/c1-30(22-14-12-21(29)13-15-22)27(36)31-18-16-28(17-19-31,26(34)35)20-25(33)32(23-8-4-2-5-9-23)24-10-6-3-7-11-24/h2-15H,16-20H2,1H3,(H,34,35). The van der Waals surface area contributed by atoms with Crippen molar-refractivity contribution in [2.45, 2.75) is 19.3 Å². The zero-order valence-electron chi connectivity index (χ0n) is 20.0. The number of likely N-dealkylation sites (tertiary alicyclic amines) is 1. The van der Waals surface area contributed by atoms with Crippen molar-refractivity contribution in [1.29, 1.82) is 0 Å². The number of amides is 3. The molecule has 1 heterocycles. The molecule has 3 aromatic rings. The lowest BCUT2D eigenvalue weighted by atomic mass is 9.75. The number of carboxylic acids is 1. The first-order valence-electron chi connectivity index (χ1n) is 11.8. The Kier molecular flexibility index (Phi) is 7.33. The van der Waals surface area contributed by atoms with Crippen molar-refractivity contribution < 1.29 is 23.9 Å². The van der Waals surface area contributed by atoms with E-state index in [-0.39, 0.29) is 44.3 Å². The molecule has 1 aliphatic heterocycles. The molecule has 0 bridgehead atoms. The van der Waals surface area contributed by atoms with Crippen molar-refractivity contribution >= 4 is 35.0 Å². The highest BCUT2D eigenvalue weighted by atomic mass is 19.1. The van der Waals surface area contributed by atoms with E-state index >= 15 is 0 Å². The summed E-state index contributed by atoms with van der Waals surface area (Å²) in [7, 11) is 1.59. The maximum absolute atomic E-state index is 13.6. The first-order valence-corrected chi connectivity index (χ1v) is 11.8. The van der Waals surface area contributed by atoms with Crippen molar-refractivity contribution in [3.8, 4) is 0 Å². The Morgan fingerprint density at radius 2 is 1.33 bits per heavy atom. The number of aliphatic carboxylic acids is 1. The number of nitrogens with zero attached hydrogens (tertiary/aromatic N) is 3. The van der Waals surface area contributed by atoms with Crippen LogP contribution in [0.5, 0.6) is 0 Å². The van der Waals surface area contributed by atoms with E-state index in [0.29, 0.717) is 17.1 Å². The van der Waals surface area contributed by atoms with E-state index in [9.17, 15) is 23.9 Å². The summed E-state index contributed by atoms with van der Waals surface area (Å²) in [6.07, 6.45) is 0.102. The van der Waals surface area contributed by atoms with Crippen LogP contribution in [0, 0.1) is 11.2 Å². The third-order valence-corrected chi connectivity index (χ3v) is 6.71. The molecule has 1 N–H and O–H groups in total. The molecular formula is C28H28FN3O4. The Morgan fingerprint density at radius 3 is 1.81 bits per heavy atom. The van der Waals surface area contributed by atoms with Crippen LogP contribution >= 0.6 is 0 Å². The van der Waals surface area contributed by atoms with Gasteiger partial charge in [0, 0.05) is 43.6 Å². The van der Waals surface area contributed by atoms with Crippen LogP contribution in [0.15, 0.2) is 84.9 Å². The van der Waals surface area contributed by atoms with E-state index < -0.39 is 17.2 Å². The van der Waals surface area contributed by atoms with E-state index in [1.807, 2.05) is 60.7 Å². The average molecular weight is 490 g/mol. The number of halogens is 1. The summed E-state index contributed by atoms with van der Waals surface area (Å²) < 4.78 is 13.2. The van der Waals surface area contributed by atoms with E-state index in [0.717, 1.165) is 0 Å². The monoisotopic (exact) mass is 489 g/mol. The molecular weight excluding hydrogens is 461 g/mol. The van der Waals surface area contributed by atoms with E-state index in [4.69, 9.17) is 0 Å². The Hall–Kier alpha value is -4.20. The molecule has 1 fully saturated rings. The minimum absolute atomic E-state index is 0.147. The van der Waals surface area contributed by atoms with Crippen LogP contribution < -0.4 is 9.80 Å². The van der Waals surface area contributed by atoms with Gasteiger partial charge in [0.2, 0.25) is 5.91 Å². The summed E-state index contributed by atoms with van der Waals surface area (Å²) in [6, 6.07) is 23.5. The van der Waals surface area contributed by atoms with Crippen molar-refractivity contribution in [3.63, 3.8) is 0 Å². The molecule has 1 aliphatic rings. The number of rotatable bonds is 6. The molecule has 36 heavy (non-hydrogen) atoms. The molecule has 4 rings (SSSR count). The molecule has 0 atom stereocenters. The van der Waals surface area contributed by atoms with Gasteiger partial charge in [0.05, 0.1) is 5.41 Å². The molecule has 186 valence electrons. The summed E-state index contributed by atoms with van der Waals surface area (Å²) >= 11 is 0. The quantitative estimate of drug-likeness (QED) is 0.509. The molecule has 8 heteroatoms. The predicted octanol–water partition coefficient (Wildman–Crippen LogP) is 5.30. The number of carbonyl (C=O) groups excluding carboxylic acids is 2. The van der Waals surface area contributed by atoms with Gasteiger partial charge in [0.25, 0.3) is 0 Å². The molecule has 0 aromatic heterocycles. The highest BCUT2D eigenvalue weighted by molar-refractivity contribution is 6.02. The van der Waals surface area contributed by atoms with Crippen LogP contribution in [0.3, 0.4) is 0 Å². The second kappa shape index (κ2) is 10.6. The minimum Gasteiger partial charge on any atom is -0.481 e. The van der Waals surface area contributed by atoms with Crippen molar-refractivity contribution in [2.24, 2.45) is 5.41 Å². The number of carbonyl (C=O) groups is 3. The second-order valence-electron chi connectivity index (χ2n) is 8.97. The topological polar surface area (TPSA) is 81.2 Å². The third-order valence-electron chi connectivity index (χ3n) is 6.71. The number of hydrogen-bond acceptors (Lipinski definition) is 3. The van der Waals surface area contributed by atoms with Crippen molar-refractivity contribution in [1.82, 2.24) is 4.90 Å². The largest absolute Gasteiger partial charge is 0.481 e. The average Bonchev–Trinajstić information content (AvgIpc) is 2.90. The van der Waals surface area contributed by atoms with Crippen LogP contribution in [-0.4, -0.2) is 48.1 Å². The fraction of sp³-hybridized carbons (Fsp3) is 0.250. The van der Waals surface area contributed by atoms with Crippen molar-refractivity contribution in [3.05, 3.63) is 90.7 Å². The molecule has 0 saturated carbocycles. The molecule has 0 spiro atoms. The molecule has 3 aromatic carbocycles. The van der Waals surface area contributed by atoms with Crippen LogP contribution in [0.1, 0.15) is 19.3 Å². The molecule has 3 amide bonds. The molecule has 7 nitrogen and oxygen atoms in total. The van der Waals surface area contributed by atoms with Crippen LogP contribution in [0.4, 0.5) is 26.2 Å². The fourth-order valence-corrected chi connectivity index (χ4v) is 4.54. The minimum atomic E-state index is -1.29. The fourth-order valence-electron chi connectivity index (χ4n) is 4.54. The Labute approximate surface area is 209 Å². The lowest BCUT2D eigenvalue weighted by molar-refractivity contribution is -0.154. The molecule has 0 aliphatic carbocycles. The first-order chi connectivity index (χ1) is 17.3. The van der Waals surface area contributed by atoms with Gasteiger partial charge in [-0.25, -0.2) is 9.18 Å². The number of urea groups is 1. The maximum atomic E-state index is 13.6. The SMILES string of the molecule is CN(C(=O)N1CCC(CC(=O)N(c2ccccc2)c2ccccc2)(C(=O)O)CC1)c1ccc(F)cc1. The zero-order chi connectivity index (χ0) is 25.7. The summed E-state index contributed by atoms with van der Waals surface area (Å²) in [5, 5.41) is 10.2.